The average molecular weight is 576 g/mol. The quantitative estimate of drug-likeness (QED) is 0.292. The molecule has 1 aromatic carbocycles. The second kappa shape index (κ2) is 15.0. The Kier molecular flexibility index (Phi) is 11.5. The van der Waals surface area contributed by atoms with E-state index >= 15 is 0 Å². The van der Waals surface area contributed by atoms with Crippen LogP contribution in [0.5, 0.6) is 0 Å². The van der Waals surface area contributed by atoms with Gasteiger partial charge in [0, 0.05) is 38.3 Å². The molecule has 0 spiro atoms. The van der Waals surface area contributed by atoms with E-state index in [0.717, 1.165) is 19.3 Å². The molecule has 1 saturated carbocycles. The summed E-state index contributed by atoms with van der Waals surface area (Å²) in [6.45, 7) is 8.10. The maximum absolute atomic E-state index is 12.9. The van der Waals surface area contributed by atoms with Crippen LogP contribution in [-0.2, 0) is 14.3 Å². The number of nitrogens with zero attached hydrogens (tertiary/aromatic N) is 4. The number of carbonyl (C=O) groups is 2. The van der Waals surface area contributed by atoms with E-state index < -0.39 is 17.7 Å². The Morgan fingerprint density at radius 1 is 1.26 bits per heavy atom. The SMILES string of the molecule is COCCNc1nc(Nc2cccc(C#N)c2)ncc1C#C[C@@H]1CCC[C@H](NC(=O)[C@H](C)N(C)C(=O)OC(C)(C)C)C1. The van der Waals surface area contributed by atoms with Crippen LogP contribution in [0.3, 0.4) is 0 Å². The van der Waals surface area contributed by atoms with Crippen LogP contribution in [0.2, 0.25) is 0 Å². The summed E-state index contributed by atoms with van der Waals surface area (Å²) < 4.78 is 10.6. The molecule has 0 saturated heterocycles. The third-order valence-electron chi connectivity index (χ3n) is 6.71. The fourth-order valence-corrected chi connectivity index (χ4v) is 4.36. The Balaban J connectivity index is 1.67. The molecule has 0 unspecified atom stereocenters. The summed E-state index contributed by atoms with van der Waals surface area (Å²) in [5.41, 5.74) is 1.26. The normalized spacial score (nSPS) is 17.1. The van der Waals surface area contributed by atoms with Crippen molar-refractivity contribution < 1.29 is 19.1 Å². The average Bonchev–Trinajstić information content (AvgIpc) is 2.95. The number of ether oxygens (including phenoxy) is 2. The zero-order valence-electron chi connectivity index (χ0n) is 25.3. The molecule has 1 aromatic heterocycles. The molecule has 11 nitrogen and oxygen atoms in total. The van der Waals surface area contributed by atoms with Crippen molar-refractivity contribution in [1.82, 2.24) is 20.2 Å². The molecule has 11 heteroatoms. The number of hydrogen-bond acceptors (Lipinski definition) is 9. The van der Waals surface area contributed by atoms with Crippen molar-refractivity contribution in [2.75, 3.05) is 37.9 Å². The van der Waals surface area contributed by atoms with Gasteiger partial charge in [-0.2, -0.15) is 10.2 Å². The number of nitriles is 1. The van der Waals surface area contributed by atoms with Crippen molar-refractivity contribution in [2.45, 2.75) is 71.1 Å². The van der Waals surface area contributed by atoms with Gasteiger partial charge in [0.15, 0.2) is 0 Å². The van der Waals surface area contributed by atoms with Gasteiger partial charge in [0.2, 0.25) is 11.9 Å². The lowest BCUT2D eigenvalue weighted by Crippen LogP contribution is -2.50. The van der Waals surface area contributed by atoms with E-state index in [1.54, 1.807) is 66.2 Å². The maximum Gasteiger partial charge on any atom is 0.410 e. The lowest BCUT2D eigenvalue weighted by Gasteiger charge is -2.31. The third kappa shape index (κ3) is 9.93. The Morgan fingerprint density at radius 2 is 2.05 bits per heavy atom. The Labute approximate surface area is 248 Å². The number of benzene rings is 1. The molecule has 2 amide bonds. The molecule has 1 aliphatic rings. The summed E-state index contributed by atoms with van der Waals surface area (Å²) in [6.07, 6.45) is 4.56. The van der Waals surface area contributed by atoms with Crippen molar-refractivity contribution in [3.63, 3.8) is 0 Å². The molecule has 0 aliphatic heterocycles. The first kappa shape index (κ1) is 32.2. The number of carbonyl (C=O) groups excluding carboxylic acids is 2. The fourth-order valence-electron chi connectivity index (χ4n) is 4.36. The minimum absolute atomic E-state index is 0.0358. The summed E-state index contributed by atoms with van der Waals surface area (Å²) in [5.74, 6) is 7.42. The van der Waals surface area contributed by atoms with E-state index in [2.05, 4.69) is 43.8 Å². The number of rotatable bonds is 9. The highest BCUT2D eigenvalue weighted by atomic mass is 16.6. The first-order valence-electron chi connectivity index (χ1n) is 14.1. The van der Waals surface area contributed by atoms with Gasteiger partial charge in [-0.1, -0.05) is 24.3 Å². The Morgan fingerprint density at radius 3 is 2.76 bits per heavy atom. The number of anilines is 3. The standard InChI is InChI=1S/C31H41N7O4/c1-21(38(5)30(40)42-31(2,3)4)28(39)35-25-11-7-9-22(17-25)13-14-24-20-34-29(37-27(24)33-15-16-41-6)36-26-12-8-10-23(18-26)19-32/h8,10,12,18,20-22,25H,7,9,11,15-17H2,1-6H3,(H,35,39)(H2,33,34,36,37)/t21-,22-,25-/m0/s1. The number of hydrogen-bond donors (Lipinski definition) is 3. The molecule has 2 aromatic rings. The van der Waals surface area contributed by atoms with Gasteiger partial charge in [-0.15, -0.1) is 0 Å². The summed E-state index contributed by atoms with van der Waals surface area (Å²) in [5, 5.41) is 18.7. The number of amides is 2. The van der Waals surface area contributed by atoms with Gasteiger partial charge < -0.3 is 25.4 Å². The van der Waals surface area contributed by atoms with Crippen LogP contribution >= 0.6 is 0 Å². The van der Waals surface area contributed by atoms with E-state index in [1.165, 1.54) is 4.90 Å². The second-order valence-corrected chi connectivity index (χ2v) is 11.3. The van der Waals surface area contributed by atoms with E-state index in [0.29, 0.717) is 48.2 Å². The van der Waals surface area contributed by atoms with Crippen molar-refractivity contribution in [1.29, 1.82) is 5.26 Å². The van der Waals surface area contributed by atoms with Gasteiger partial charge in [0.25, 0.3) is 0 Å². The Bertz CT molecular complexity index is 1340. The first-order chi connectivity index (χ1) is 20.0. The first-order valence-corrected chi connectivity index (χ1v) is 14.1. The second-order valence-electron chi connectivity index (χ2n) is 11.3. The number of methoxy groups -OCH3 is 1. The van der Waals surface area contributed by atoms with Crippen LogP contribution in [0, 0.1) is 29.1 Å². The molecule has 3 rings (SSSR count). The van der Waals surface area contributed by atoms with Gasteiger partial charge in [-0.25, -0.2) is 9.78 Å². The molecule has 0 radical (unpaired) electrons. The minimum atomic E-state index is -0.668. The fraction of sp³-hybridized carbons (Fsp3) is 0.516. The van der Waals surface area contributed by atoms with Crippen LogP contribution in [-0.4, -0.2) is 71.9 Å². The highest BCUT2D eigenvalue weighted by Gasteiger charge is 2.29. The van der Waals surface area contributed by atoms with E-state index in [1.807, 2.05) is 6.07 Å². The number of aromatic nitrogens is 2. The van der Waals surface area contributed by atoms with Gasteiger partial charge >= 0.3 is 6.09 Å². The van der Waals surface area contributed by atoms with Crippen LogP contribution in [0.25, 0.3) is 0 Å². The monoisotopic (exact) mass is 575 g/mol. The zero-order valence-corrected chi connectivity index (χ0v) is 25.3. The van der Waals surface area contributed by atoms with Crippen LogP contribution < -0.4 is 16.0 Å². The van der Waals surface area contributed by atoms with Crippen LogP contribution in [0.1, 0.15) is 64.5 Å². The molecular formula is C31H41N7O4. The molecule has 1 heterocycles. The van der Waals surface area contributed by atoms with E-state index in [4.69, 9.17) is 14.7 Å². The zero-order chi connectivity index (χ0) is 30.7. The molecular weight excluding hydrogens is 534 g/mol. The van der Waals surface area contributed by atoms with Crippen molar-refractivity contribution in [3.8, 4) is 17.9 Å². The van der Waals surface area contributed by atoms with Crippen molar-refractivity contribution in [2.24, 2.45) is 5.92 Å². The summed E-state index contributed by atoms with van der Waals surface area (Å²) >= 11 is 0. The smallest absolute Gasteiger partial charge is 0.410 e. The molecule has 3 N–H and O–H groups in total. The topological polar surface area (TPSA) is 142 Å². The molecule has 1 fully saturated rings. The minimum Gasteiger partial charge on any atom is -0.444 e. The number of nitrogens with one attached hydrogen (secondary N) is 3. The van der Waals surface area contributed by atoms with Gasteiger partial charge in [0.05, 0.1) is 30.0 Å². The maximum atomic E-state index is 12.9. The van der Waals surface area contributed by atoms with Gasteiger partial charge in [0.1, 0.15) is 17.5 Å². The molecule has 224 valence electrons. The molecule has 42 heavy (non-hydrogen) atoms. The lowest BCUT2D eigenvalue weighted by molar-refractivity contribution is -0.126. The third-order valence-corrected chi connectivity index (χ3v) is 6.71. The van der Waals surface area contributed by atoms with Crippen LogP contribution in [0.4, 0.5) is 22.2 Å². The Hall–Kier alpha value is -4.35. The highest BCUT2D eigenvalue weighted by molar-refractivity contribution is 5.85. The molecule has 1 aliphatic carbocycles. The van der Waals surface area contributed by atoms with Crippen molar-refractivity contribution >= 4 is 29.5 Å². The predicted octanol–water partition coefficient (Wildman–Crippen LogP) is 4.43. The lowest BCUT2D eigenvalue weighted by atomic mass is 9.86. The number of likely N-dealkylation sites (N-methyl/N-ethyl adjacent to an activating group) is 1. The summed E-state index contributed by atoms with van der Waals surface area (Å²) in [7, 11) is 3.20. The van der Waals surface area contributed by atoms with E-state index in [-0.39, 0.29) is 17.9 Å². The summed E-state index contributed by atoms with van der Waals surface area (Å²) in [4.78, 5) is 35.7. The van der Waals surface area contributed by atoms with Gasteiger partial charge in [-0.05, 0) is 65.2 Å². The molecule has 3 atom stereocenters. The molecule has 0 bridgehead atoms. The van der Waals surface area contributed by atoms with E-state index in [9.17, 15) is 9.59 Å². The van der Waals surface area contributed by atoms with Gasteiger partial charge in [-0.3, -0.25) is 9.69 Å². The van der Waals surface area contributed by atoms with Crippen molar-refractivity contribution in [3.05, 3.63) is 41.6 Å². The highest BCUT2D eigenvalue weighted by Crippen LogP contribution is 2.25. The summed E-state index contributed by atoms with van der Waals surface area (Å²) in [6, 6.07) is 8.50. The largest absolute Gasteiger partial charge is 0.444 e. The predicted molar refractivity (Wildman–Crippen MR) is 161 cm³/mol. The van der Waals surface area contributed by atoms with Crippen LogP contribution in [0.15, 0.2) is 30.5 Å².